The van der Waals surface area contributed by atoms with Gasteiger partial charge in [0.05, 0.1) is 0 Å². The Balaban J connectivity index is 1.98. The molecule has 1 aliphatic heterocycles. The number of para-hydroxylation sites is 1. The third-order valence-electron chi connectivity index (χ3n) is 3.62. The van der Waals surface area contributed by atoms with E-state index in [9.17, 15) is 9.59 Å². The number of carbonyl (C=O) groups is 2. The lowest BCUT2D eigenvalue weighted by atomic mass is 9.97. The van der Waals surface area contributed by atoms with Gasteiger partial charge in [-0.2, -0.15) is 0 Å². The topological polar surface area (TPSA) is 78.4 Å². The van der Waals surface area contributed by atoms with Crippen molar-refractivity contribution in [3.05, 3.63) is 29.8 Å². The maximum atomic E-state index is 12.0. The summed E-state index contributed by atoms with van der Waals surface area (Å²) in [6.45, 7) is 4.28. The monoisotopic (exact) mass is 276 g/mol. The Morgan fingerprint density at radius 1 is 1.40 bits per heavy atom. The SMILES string of the molecule is CC(C)[C@@H](NC(=O)CC1CNc2ccccc21)C(=O)O. The number of carbonyl (C=O) groups excluding carboxylic acids is 1. The Labute approximate surface area is 118 Å². The molecule has 0 bridgehead atoms. The molecule has 3 N–H and O–H groups in total. The summed E-state index contributed by atoms with van der Waals surface area (Å²) in [5.74, 6) is -1.23. The number of carboxylic acids is 1. The molecule has 0 radical (unpaired) electrons. The molecule has 0 saturated heterocycles. The molecule has 0 aliphatic carbocycles. The molecule has 1 unspecified atom stereocenters. The third kappa shape index (κ3) is 3.10. The maximum absolute atomic E-state index is 12.0. The number of anilines is 1. The second kappa shape index (κ2) is 5.94. The average molecular weight is 276 g/mol. The lowest BCUT2D eigenvalue weighted by Crippen LogP contribution is -2.44. The van der Waals surface area contributed by atoms with Crippen LogP contribution in [0.2, 0.25) is 0 Å². The van der Waals surface area contributed by atoms with Crippen LogP contribution in [0.3, 0.4) is 0 Å². The highest BCUT2D eigenvalue weighted by Gasteiger charge is 2.27. The second-order valence-corrected chi connectivity index (χ2v) is 5.50. The summed E-state index contributed by atoms with van der Waals surface area (Å²) in [6, 6.07) is 7.07. The van der Waals surface area contributed by atoms with Crippen molar-refractivity contribution in [3.63, 3.8) is 0 Å². The molecule has 0 saturated carbocycles. The maximum Gasteiger partial charge on any atom is 0.326 e. The van der Waals surface area contributed by atoms with Crippen LogP contribution in [0, 0.1) is 5.92 Å². The normalized spacial score (nSPS) is 18.2. The van der Waals surface area contributed by atoms with Crippen LogP contribution in [0.1, 0.15) is 31.7 Å². The molecule has 0 spiro atoms. The highest BCUT2D eigenvalue weighted by atomic mass is 16.4. The van der Waals surface area contributed by atoms with Crippen molar-refractivity contribution in [2.24, 2.45) is 5.92 Å². The minimum absolute atomic E-state index is 0.104. The van der Waals surface area contributed by atoms with Crippen molar-refractivity contribution in [1.82, 2.24) is 5.32 Å². The van der Waals surface area contributed by atoms with Gasteiger partial charge in [-0.05, 0) is 17.5 Å². The van der Waals surface area contributed by atoms with Crippen molar-refractivity contribution in [2.75, 3.05) is 11.9 Å². The molecule has 5 heteroatoms. The largest absolute Gasteiger partial charge is 0.480 e. The van der Waals surface area contributed by atoms with Gasteiger partial charge in [0.15, 0.2) is 0 Å². The van der Waals surface area contributed by atoms with Crippen LogP contribution < -0.4 is 10.6 Å². The number of carboxylic acid groups (broad SMARTS) is 1. The number of amides is 1. The first kappa shape index (κ1) is 14.4. The lowest BCUT2D eigenvalue weighted by molar-refractivity contribution is -0.143. The standard InChI is InChI=1S/C15H20N2O3/c1-9(2)14(15(19)20)17-13(18)7-10-8-16-12-6-4-3-5-11(10)12/h3-6,9-10,14,16H,7-8H2,1-2H3,(H,17,18)(H,19,20)/t10?,14-/m1/s1. The molecule has 2 rings (SSSR count). The minimum atomic E-state index is -0.988. The molecule has 1 amide bonds. The first-order valence-corrected chi connectivity index (χ1v) is 6.84. The van der Waals surface area contributed by atoms with Gasteiger partial charge in [-0.1, -0.05) is 32.0 Å². The fraction of sp³-hybridized carbons (Fsp3) is 0.467. The molecular weight excluding hydrogens is 256 g/mol. The van der Waals surface area contributed by atoms with Crippen molar-refractivity contribution < 1.29 is 14.7 Å². The summed E-state index contributed by atoms with van der Waals surface area (Å²) in [7, 11) is 0. The van der Waals surface area contributed by atoms with Crippen LogP contribution >= 0.6 is 0 Å². The van der Waals surface area contributed by atoms with Gasteiger partial charge in [-0.15, -0.1) is 0 Å². The predicted octanol–water partition coefficient (Wildman–Crippen LogP) is 1.81. The highest BCUT2D eigenvalue weighted by molar-refractivity contribution is 5.84. The van der Waals surface area contributed by atoms with E-state index in [2.05, 4.69) is 10.6 Å². The molecular formula is C15H20N2O3. The van der Waals surface area contributed by atoms with Crippen molar-refractivity contribution >= 4 is 17.6 Å². The van der Waals surface area contributed by atoms with Gasteiger partial charge in [0.1, 0.15) is 6.04 Å². The van der Waals surface area contributed by atoms with E-state index in [0.717, 1.165) is 11.3 Å². The molecule has 20 heavy (non-hydrogen) atoms. The summed E-state index contributed by atoms with van der Waals surface area (Å²) in [4.78, 5) is 23.1. The molecule has 1 aromatic rings. The van der Waals surface area contributed by atoms with Gasteiger partial charge in [0, 0.05) is 24.6 Å². The number of aliphatic carboxylic acids is 1. The molecule has 1 heterocycles. The van der Waals surface area contributed by atoms with Gasteiger partial charge >= 0.3 is 5.97 Å². The van der Waals surface area contributed by atoms with Gasteiger partial charge in [-0.25, -0.2) is 4.79 Å². The Morgan fingerprint density at radius 3 is 2.75 bits per heavy atom. The number of benzene rings is 1. The fourth-order valence-corrected chi connectivity index (χ4v) is 2.51. The molecule has 0 fully saturated rings. The van der Waals surface area contributed by atoms with Crippen LogP contribution in [-0.2, 0) is 9.59 Å². The van der Waals surface area contributed by atoms with E-state index in [-0.39, 0.29) is 17.7 Å². The fourth-order valence-electron chi connectivity index (χ4n) is 2.51. The van der Waals surface area contributed by atoms with E-state index in [1.54, 1.807) is 13.8 Å². The number of hydrogen-bond acceptors (Lipinski definition) is 3. The van der Waals surface area contributed by atoms with E-state index < -0.39 is 12.0 Å². The highest BCUT2D eigenvalue weighted by Crippen LogP contribution is 2.33. The predicted molar refractivity (Wildman–Crippen MR) is 76.7 cm³/mol. The average Bonchev–Trinajstić information content (AvgIpc) is 2.79. The van der Waals surface area contributed by atoms with Crippen molar-refractivity contribution in [1.29, 1.82) is 0 Å². The minimum Gasteiger partial charge on any atom is -0.480 e. The van der Waals surface area contributed by atoms with Gasteiger partial charge < -0.3 is 15.7 Å². The molecule has 0 aromatic heterocycles. The summed E-state index contributed by atoms with van der Waals surface area (Å²) in [5.41, 5.74) is 2.18. The molecule has 2 atom stereocenters. The van der Waals surface area contributed by atoms with Crippen LogP contribution in [0.4, 0.5) is 5.69 Å². The molecule has 108 valence electrons. The zero-order valence-electron chi connectivity index (χ0n) is 11.7. The smallest absolute Gasteiger partial charge is 0.326 e. The molecule has 1 aliphatic rings. The van der Waals surface area contributed by atoms with E-state index in [1.807, 2.05) is 24.3 Å². The van der Waals surface area contributed by atoms with E-state index in [1.165, 1.54) is 0 Å². The Hall–Kier alpha value is -2.04. The van der Waals surface area contributed by atoms with E-state index in [4.69, 9.17) is 5.11 Å². The van der Waals surface area contributed by atoms with Crippen LogP contribution in [0.5, 0.6) is 0 Å². The number of fused-ring (bicyclic) bond motifs is 1. The lowest BCUT2D eigenvalue weighted by Gasteiger charge is -2.19. The molecule has 5 nitrogen and oxygen atoms in total. The number of nitrogens with one attached hydrogen (secondary N) is 2. The summed E-state index contributed by atoms with van der Waals surface area (Å²) in [5, 5.41) is 14.9. The third-order valence-corrected chi connectivity index (χ3v) is 3.62. The Kier molecular flexibility index (Phi) is 4.27. The van der Waals surface area contributed by atoms with Gasteiger partial charge in [-0.3, -0.25) is 4.79 Å². The van der Waals surface area contributed by atoms with Gasteiger partial charge in [0.25, 0.3) is 0 Å². The quantitative estimate of drug-likeness (QED) is 0.766. The first-order chi connectivity index (χ1) is 9.49. The summed E-state index contributed by atoms with van der Waals surface area (Å²) < 4.78 is 0. The van der Waals surface area contributed by atoms with Crippen molar-refractivity contribution in [2.45, 2.75) is 32.2 Å². The number of hydrogen-bond donors (Lipinski definition) is 3. The van der Waals surface area contributed by atoms with Crippen LogP contribution in [0.25, 0.3) is 0 Å². The summed E-state index contributed by atoms with van der Waals surface area (Å²) >= 11 is 0. The van der Waals surface area contributed by atoms with Crippen LogP contribution in [-0.4, -0.2) is 29.6 Å². The van der Waals surface area contributed by atoms with E-state index >= 15 is 0 Å². The Morgan fingerprint density at radius 2 is 2.10 bits per heavy atom. The van der Waals surface area contributed by atoms with Crippen LogP contribution in [0.15, 0.2) is 24.3 Å². The Bertz CT molecular complexity index is 514. The van der Waals surface area contributed by atoms with E-state index in [0.29, 0.717) is 13.0 Å². The van der Waals surface area contributed by atoms with Crippen molar-refractivity contribution in [3.8, 4) is 0 Å². The zero-order chi connectivity index (χ0) is 14.7. The van der Waals surface area contributed by atoms with Gasteiger partial charge in [0.2, 0.25) is 5.91 Å². The first-order valence-electron chi connectivity index (χ1n) is 6.84. The zero-order valence-corrected chi connectivity index (χ0v) is 11.7. The second-order valence-electron chi connectivity index (χ2n) is 5.50. The number of rotatable bonds is 5. The molecule has 1 aromatic carbocycles. The summed E-state index contributed by atoms with van der Waals surface area (Å²) in [6.07, 6.45) is 0.306.